The van der Waals surface area contributed by atoms with E-state index in [1.807, 2.05) is 23.0 Å². The molecular formula is C21H21N3O3. The van der Waals surface area contributed by atoms with E-state index in [2.05, 4.69) is 10.4 Å². The number of nitrogens with zero attached hydrogens (tertiary/aromatic N) is 2. The maximum atomic E-state index is 13.0. The van der Waals surface area contributed by atoms with E-state index in [1.165, 1.54) is 25.5 Å². The van der Waals surface area contributed by atoms with Crippen LogP contribution >= 0.6 is 0 Å². The predicted molar refractivity (Wildman–Crippen MR) is 102 cm³/mol. The van der Waals surface area contributed by atoms with Crippen molar-refractivity contribution in [2.24, 2.45) is 0 Å². The molecule has 0 radical (unpaired) electrons. The van der Waals surface area contributed by atoms with E-state index in [4.69, 9.17) is 4.42 Å². The number of nitrogens with one attached hydrogen (secondary N) is 1. The topological polar surface area (TPSA) is 77.1 Å². The molecule has 1 atom stereocenters. The zero-order valence-corrected chi connectivity index (χ0v) is 15.0. The Balaban J connectivity index is 1.61. The Morgan fingerprint density at radius 1 is 1.07 bits per heavy atom. The number of benzene rings is 1. The second kappa shape index (κ2) is 6.37. The van der Waals surface area contributed by atoms with Crippen molar-refractivity contribution in [3.05, 3.63) is 58.1 Å². The average molecular weight is 363 g/mol. The first kappa shape index (κ1) is 16.3. The van der Waals surface area contributed by atoms with Crippen LogP contribution in [0.15, 0.2) is 45.9 Å². The van der Waals surface area contributed by atoms with Crippen molar-refractivity contribution in [2.75, 3.05) is 5.32 Å². The molecule has 27 heavy (non-hydrogen) atoms. The number of aromatic nitrogens is 2. The third kappa shape index (κ3) is 2.67. The highest BCUT2D eigenvalue weighted by Crippen LogP contribution is 2.39. The van der Waals surface area contributed by atoms with Crippen LogP contribution in [0.2, 0.25) is 0 Å². The van der Waals surface area contributed by atoms with Gasteiger partial charge in [-0.25, -0.2) is 4.68 Å². The smallest absolute Gasteiger partial charge is 0.226 e. The van der Waals surface area contributed by atoms with Crippen LogP contribution in [0.4, 0.5) is 5.82 Å². The molecule has 1 fully saturated rings. The summed E-state index contributed by atoms with van der Waals surface area (Å²) in [6.45, 7) is 0. The van der Waals surface area contributed by atoms with Crippen LogP contribution in [-0.4, -0.2) is 15.7 Å². The first-order valence-corrected chi connectivity index (χ1v) is 9.60. The number of carbonyl (C=O) groups excluding carboxylic acids is 1. The van der Waals surface area contributed by atoms with Crippen molar-refractivity contribution in [1.29, 1.82) is 0 Å². The molecule has 1 aliphatic carbocycles. The third-order valence-corrected chi connectivity index (χ3v) is 5.85. The molecule has 1 amide bonds. The van der Waals surface area contributed by atoms with Crippen molar-refractivity contribution in [2.45, 2.75) is 50.5 Å². The van der Waals surface area contributed by atoms with Gasteiger partial charge in [0.2, 0.25) is 5.91 Å². The molecule has 0 spiro atoms. The van der Waals surface area contributed by atoms with Crippen LogP contribution < -0.4 is 10.7 Å². The van der Waals surface area contributed by atoms with E-state index >= 15 is 0 Å². The molecule has 2 aliphatic rings. The molecule has 138 valence electrons. The summed E-state index contributed by atoms with van der Waals surface area (Å²) in [5.74, 6) is 0.334. The number of hydrogen-bond donors (Lipinski definition) is 1. The number of amides is 1. The fraction of sp³-hybridized carbons (Fsp3) is 0.381. The minimum atomic E-state index is -0.327. The highest BCUT2D eigenvalue weighted by atomic mass is 16.3. The van der Waals surface area contributed by atoms with Gasteiger partial charge in [0.25, 0.3) is 0 Å². The van der Waals surface area contributed by atoms with E-state index in [-0.39, 0.29) is 23.7 Å². The molecule has 1 saturated carbocycles. The molecule has 6 nitrogen and oxygen atoms in total. The number of anilines is 1. The molecule has 1 aromatic carbocycles. The van der Waals surface area contributed by atoms with Crippen molar-refractivity contribution < 1.29 is 9.21 Å². The molecule has 0 saturated heterocycles. The van der Waals surface area contributed by atoms with Crippen LogP contribution in [0, 0.1) is 0 Å². The van der Waals surface area contributed by atoms with Gasteiger partial charge in [-0.05, 0) is 25.0 Å². The third-order valence-electron chi connectivity index (χ3n) is 5.85. The Bertz CT molecular complexity index is 1080. The van der Waals surface area contributed by atoms with E-state index in [1.54, 1.807) is 12.1 Å². The lowest BCUT2D eigenvalue weighted by Crippen LogP contribution is -2.28. The number of carbonyl (C=O) groups is 1. The van der Waals surface area contributed by atoms with E-state index in [0.717, 1.165) is 24.2 Å². The minimum absolute atomic E-state index is 0.0760. The molecule has 5 rings (SSSR count). The lowest BCUT2D eigenvalue weighted by Gasteiger charge is -2.27. The normalized spacial score (nSPS) is 20.4. The Morgan fingerprint density at radius 2 is 1.89 bits per heavy atom. The molecule has 1 N–H and O–H groups in total. The second-order valence-electron chi connectivity index (χ2n) is 7.51. The van der Waals surface area contributed by atoms with Crippen molar-refractivity contribution in [3.63, 3.8) is 0 Å². The number of rotatable bonds is 2. The summed E-state index contributed by atoms with van der Waals surface area (Å²) in [5.41, 5.74) is 1.91. The van der Waals surface area contributed by atoms with Gasteiger partial charge in [-0.15, -0.1) is 0 Å². The first-order valence-electron chi connectivity index (χ1n) is 9.60. The standard InChI is InChI=1S/C21H21N3O3/c25-19-10-15(17-12-27-18-9-5-4-8-14(18)20(17)26)16-11-22-24(21(16)23-19)13-6-2-1-3-7-13/h4-5,8-9,11-13,15H,1-3,6-7,10H2,(H,23,25)/t15-/m1/s1. The van der Waals surface area contributed by atoms with Gasteiger partial charge in [-0.1, -0.05) is 31.4 Å². The van der Waals surface area contributed by atoms with Crippen molar-refractivity contribution in [3.8, 4) is 0 Å². The molecule has 0 unspecified atom stereocenters. The lowest BCUT2D eigenvalue weighted by atomic mass is 9.87. The zero-order valence-electron chi connectivity index (χ0n) is 15.0. The Labute approximate surface area is 156 Å². The Kier molecular flexibility index (Phi) is 3.85. The molecule has 1 aliphatic heterocycles. The monoisotopic (exact) mass is 363 g/mol. The van der Waals surface area contributed by atoms with Crippen molar-refractivity contribution >= 4 is 22.7 Å². The molecule has 3 heterocycles. The van der Waals surface area contributed by atoms with Gasteiger partial charge in [-0.2, -0.15) is 5.10 Å². The van der Waals surface area contributed by atoms with Gasteiger partial charge in [0.05, 0.1) is 23.9 Å². The van der Waals surface area contributed by atoms with E-state index in [9.17, 15) is 9.59 Å². The summed E-state index contributed by atoms with van der Waals surface area (Å²) in [7, 11) is 0. The average Bonchev–Trinajstić information content (AvgIpc) is 3.12. The van der Waals surface area contributed by atoms with Crippen LogP contribution in [0.3, 0.4) is 0 Å². The number of fused-ring (bicyclic) bond motifs is 2. The molecule has 2 aromatic heterocycles. The zero-order chi connectivity index (χ0) is 18.4. The molecule has 3 aromatic rings. The van der Waals surface area contributed by atoms with Gasteiger partial charge < -0.3 is 9.73 Å². The minimum Gasteiger partial charge on any atom is -0.464 e. The summed E-state index contributed by atoms with van der Waals surface area (Å²) in [5, 5.41) is 8.13. The quantitative estimate of drug-likeness (QED) is 0.747. The van der Waals surface area contributed by atoms with Crippen LogP contribution in [0.25, 0.3) is 11.0 Å². The largest absolute Gasteiger partial charge is 0.464 e. The number of hydrogen-bond acceptors (Lipinski definition) is 4. The van der Waals surface area contributed by atoms with Gasteiger partial charge in [0, 0.05) is 23.5 Å². The summed E-state index contributed by atoms with van der Waals surface area (Å²) in [4.78, 5) is 25.5. The molecule has 6 heteroatoms. The predicted octanol–water partition coefficient (Wildman–Crippen LogP) is 3.97. The highest BCUT2D eigenvalue weighted by Gasteiger charge is 2.33. The molecule has 0 bridgehead atoms. The second-order valence-corrected chi connectivity index (χ2v) is 7.51. The fourth-order valence-electron chi connectivity index (χ4n) is 4.45. The van der Waals surface area contributed by atoms with Gasteiger partial charge >= 0.3 is 0 Å². The van der Waals surface area contributed by atoms with Gasteiger partial charge in [-0.3, -0.25) is 9.59 Å². The SMILES string of the molecule is O=C1C[C@@H](c2coc3ccccc3c2=O)c2cnn(C3CCCCC3)c2N1. The summed E-state index contributed by atoms with van der Waals surface area (Å²) < 4.78 is 7.65. The maximum absolute atomic E-state index is 13.0. The summed E-state index contributed by atoms with van der Waals surface area (Å²) in [6.07, 6.45) is 9.33. The van der Waals surface area contributed by atoms with Gasteiger partial charge in [0.15, 0.2) is 5.43 Å². The van der Waals surface area contributed by atoms with E-state index in [0.29, 0.717) is 22.6 Å². The van der Waals surface area contributed by atoms with Crippen LogP contribution in [0.1, 0.15) is 61.6 Å². The van der Waals surface area contributed by atoms with E-state index < -0.39 is 0 Å². The van der Waals surface area contributed by atoms with Crippen LogP contribution in [0.5, 0.6) is 0 Å². The Morgan fingerprint density at radius 3 is 2.74 bits per heavy atom. The first-order chi connectivity index (χ1) is 13.2. The lowest BCUT2D eigenvalue weighted by molar-refractivity contribution is -0.116. The van der Waals surface area contributed by atoms with Gasteiger partial charge in [0.1, 0.15) is 11.4 Å². The Hall–Kier alpha value is -2.89. The number of para-hydroxylation sites is 1. The highest BCUT2D eigenvalue weighted by molar-refractivity contribution is 5.94. The van der Waals surface area contributed by atoms with Crippen molar-refractivity contribution in [1.82, 2.24) is 9.78 Å². The molecular weight excluding hydrogens is 342 g/mol. The maximum Gasteiger partial charge on any atom is 0.226 e. The fourth-order valence-corrected chi connectivity index (χ4v) is 4.45. The summed E-state index contributed by atoms with van der Waals surface area (Å²) >= 11 is 0. The summed E-state index contributed by atoms with van der Waals surface area (Å²) in [6, 6.07) is 7.52. The van der Waals surface area contributed by atoms with Crippen LogP contribution in [-0.2, 0) is 4.79 Å².